The number of nitrogens with zero attached hydrogens (tertiary/aromatic N) is 1. The second-order valence-electron chi connectivity index (χ2n) is 6.94. The number of halogens is 3. The molecule has 7 nitrogen and oxygen atoms in total. The Bertz CT molecular complexity index is 1500. The van der Waals surface area contributed by atoms with E-state index in [1.54, 1.807) is 12.3 Å². The van der Waals surface area contributed by atoms with Crippen LogP contribution < -0.4 is 15.0 Å². The van der Waals surface area contributed by atoms with Crippen LogP contribution >= 0.6 is 0 Å². The summed E-state index contributed by atoms with van der Waals surface area (Å²) in [5.41, 5.74) is 0.769. The molecule has 0 amide bonds. The van der Waals surface area contributed by atoms with Crippen LogP contribution in [0.2, 0.25) is 0 Å². The molecule has 0 saturated heterocycles. The smallest absolute Gasteiger partial charge is 0.274 e. The van der Waals surface area contributed by atoms with Crippen LogP contribution in [-0.4, -0.2) is 24.0 Å². The van der Waals surface area contributed by atoms with Crippen LogP contribution in [-0.2, 0) is 17.1 Å². The highest BCUT2D eigenvalue weighted by molar-refractivity contribution is 7.92. The van der Waals surface area contributed by atoms with Gasteiger partial charge in [-0.2, -0.15) is 0 Å². The molecule has 2 N–H and O–H groups in total. The number of benzene rings is 2. The number of hydrogen-bond donors (Lipinski definition) is 2. The Morgan fingerprint density at radius 1 is 1.06 bits per heavy atom. The van der Waals surface area contributed by atoms with Gasteiger partial charge in [0.05, 0.1) is 0 Å². The van der Waals surface area contributed by atoms with Crippen molar-refractivity contribution in [2.45, 2.75) is 0 Å². The average Bonchev–Trinajstić information content (AvgIpc) is 3.24. The minimum Gasteiger partial charge on any atom is -0.454 e. The molecule has 0 bridgehead atoms. The number of fused-ring (bicyclic) bond motifs is 1. The van der Waals surface area contributed by atoms with E-state index in [0.717, 1.165) is 12.1 Å². The van der Waals surface area contributed by atoms with Crippen LogP contribution in [0.3, 0.4) is 0 Å². The number of H-pyrrole nitrogens is 1. The highest BCUT2D eigenvalue weighted by atomic mass is 32.2. The van der Waals surface area contributed by atoms with Gasteiger partial charge in [0.2, 0.25) is 6.01 Å². The summed E-state index contributed by atoms with van der Waals surface area (Å²) in [6.45, 7) is 0. The van der Waals surface area contributed by atoms with Gasteiger partial charge in [0.1, 0.15) is 17.1 Å². The zero-order chi connectivity index (χ0) is 23.0. The van der Waals surface area contributed by atoms with E-state index >= 15 is 0 Å². The number of sulfonamides is 1. The van der Waals surface area contributed by atoms with E-state index in [9.17, 15) is 26.4 Å². The lowest BCUT2D eigenvalue weighted by molar-refractivity contribution is 0.439. The first kappa shape index (κ1) is 21.5. The predicted octanol–water partition coefficient (Wildman–Crippen LogP) is 4.27. The third kappa shape index (κ3) is 4.06. The molecule has 2 aromatic heterocycles. The second-order valence-corrected chi connectivity index (χ2v) is 8.59. The number of anilines is 1. The molecule has 32 heavy (non-hydrogen) atoms. The summed E-state index contributed by atoms with van der Waals surface area (Å²) in [5, 5.41) is 0.503. The van der Waals surface area contributed by atoms with Gasteiger partial charge < -0.3 is 14.3 Å². The number of pyridine rings is 1. The summed E-state index contributed by atoms with van der Waals surface area (Å²) in [4.78, 5) is 15.2. The SMILES string of the molecule is Cn1cc(-c2cc(NS(=O)(=O)CF)ccc2Oc2ccc(F)cc2F)c2cc[nH]c2c1=O. The van der Waals surface area contributed by atoms with Crippen molar-refractivity contribution in [2.24, 2.45) is 7.05 Å². The lowest BCUT2D eigenvalue weighted by Crippen LogP contribution is -2.16. The van der Waals surface area contributed by atoms with Gasteiger partial charge in [-0.25, -0.2) is 21.6 Å². The number of nitrogens with one attached hydrogen (secondary N) is 2. The molecule has 4 aromatic rings. The maximum atomic E-state index is 14.2. The van der Waals surface area contributed by atoms with Crippen molar-refractivity contribution in [1.82, 2.24) is 9.55 Å². The molecule has 0 aliphatic rings. The number of ether oxygens (including phenoxy) is 1. The van der Waals surface area contributed by atoms with Crippen molar-refractivity contribution < 1.29 is 26.3 Å². The van der Waals surface area contributed by atoms with Crippen molar-refractivity contribution in [3.05, 3.63) is 76.8 Å². The average molecular weight is 463 g/mol. The summed E-state index contributed by atoms with van der Waals surface area (Å²) in [6, 6.07) is 6.86. The molecule has 2 aromatic carbocycles. The molecular formula is C21H16F3N3O4S. The Morgan fingerprint density at radius 3 is 2.53 bits per heavy atom. The van der Waals surface area contributed by atoms with E-state index in [1.807, 2.05) is 0 Å². The molecule has 0 aliphatic carbocycles. The standard InChI is InChI=1S/C21H16F3N3O4S/c1-27-10-16(14-6-7-25-20(14)21(27)28)15-9-13(26-32(29,30)11-22)3-5-18(15)31-19-4-2-12(23)8-17(19)24/h2-10,25-26H,11H2,1H3. The molecule has 0 atom stereocenters. The van der Waals surface area contributed by atoms with Crippen molar-refractivity contribution in [3.63, 3.8) is 0 Å². The first-order valence-electron chi connectivity index (χ1n) is 9.19. The summed E-state index contributed by atoms with van der Waals surface area (Å²) in [7, 11) is -2.69. The molecule has 0 spiro atoms. The van der Waals surface area contributed by atoms with E-state index in [0.29, 0.717) is 22.5 Å². The number of hydrogen-bond acceptors (Lipinski definition) is 4. The fourth-order valence-electron chi connectivity index (χ4n) is 3.26. The Hall–Kier alpha value is -3.73. The van der Waals surface area contributed by atoms with Crippen molar-refractivity contribution in [3.8, 4) is 22.6 Å². The van der Waals surface area contributed by atoms with Gasteiger partial charge in [0.25, 0.3) is 15.6 Å². The van der Waals surface area contributed by atoms with Gasteiger partial charge >= 0.3 is 0 Å². The number of rotatable bonds is 6. The summed E-state index contributed by atoms with van der Waals surface area (Å²) in [5.74, 6) is -1.89. The third-order valence-electron chi connectivity index (χ3n) is 4.69. The number of aryl methyl sites for hydroxylation is 1. The third-order valence-corrected chi connectivity index (χ3v) is 5.53. The molecule has 4 rings (SSSR count). The van der Waals surface area contributed by atoms with Crippen LogP contribution in [0, 0.1) is 11.6 Å². The lowest BCUT2D eigenvalue weighted by Gasteiger charge is -2.16. The number of alkyl halides is 1. The van der Waals surface area contributed by atoms with Gasteiger partial charge in [-0.15, -0.1) is 0 Å². The predicted molar refractivity (Wildman–Crippen MR) is 114 cm³/mol. The van der Waals surface area contributed by atoms with Gasteiger partial charge in [-0.05, 0) is 36.4 Å². The minimum atomic E-state index is -4.22. The van der Waals surface area contributed by atoms with E-state index in [4.69, 9.17) is 4.74 Å². The maximum Gasteiger partial charge on any atom is 0.274 e. The van der Waals surface area contributed by atoms with Gasteiger partial charge in [0.15, 0.2) is 11.6 Å². The molecule has 0 radical (unpaired) electrons. The zero-order valence-electron chi connectivity index (χ0n) is 16.5. The second kappa shape index (κ2) is 8.08. The highest BCUT2D eigenvalue weighted by Gasteiger charge is 2.18. The Morgan fingerprint density at radius 2 is 1.81 bits per heavy atom. The molecule has 0 aliphatic heterocycles. The minimum absolute atomic E-state index is 0.0297. The van der Waals surface area contributed by atoms with Gasteiger partial charge in [-0.1, -0.05) is 0 Å². The maximum absolute atomic E-state index is 14.2. The van der Waals surface area contributed by atoms with E-state index in [2.05, 4.69) is 9.71 Å². The Kier molecular flexibility index (Phi) is 5.43. The molecular weight excluding hydrogens is 447 g/mol. The van der Waals surface area contributed by atoms with Gasteiger partial charge in [-0.3, -0.25) is 9.52 Å². The lowest BCUT2D eigenvalue weighted by atomic mass is 10.0. The largest absolute Gasteiger partial charge is 0.454 e. The first-order valence-corrected chi connectivity index (χ1v) is 10.8. The monoisotopic (exact) mass is 463 g/mol. The van der Waals surface area contributed by atoms with Crippen LogP contribution in [0.5, 0.6) is 11.5 Å². The molecule has 11 heteroatoms. The summed E-state index contributed by atoms with van der Waals surface area (Å²) in [6.07, 6.45) is 3.07. The van der Waals surface area contributed by atoms with E-state index < -0.39 is 27.7 Å². The number of aromatic amines is 1. The topological polar surface area (TPSA) is 93.2 Å². The van der Waals surface area contributed by atoms with Crippen molar-refractivity contribution >= 4 is 26.6 Å². The van der Waals surface area contributed by atoms with E-state index in [1.165, 1.54) is 36.0 Å². The highest BCUT2D eigenvalue weighted by Crippen LogP contribution is 2.39. The molecule has 166 valence electrons. The Labute approximate surface area is 180 Å². The van der Waals surface area contributed by atoms with Gasteiger partial charge in [0, 0.05) is 47.7 Å². The fraction of sp³-hybridized carbons (Fsp3) is 0.0952. The van der Waals surface area contributed by atoms with Crippen molar-refractivity contribution in [1.29, 1.82) is 0 Å². The van der Waals surface area contributed by atoms with Crippen LogP contribution in [0.4, 0.5) is 18.9 Å². The van der Waals surface area contributed by atoms with Crippen LogP contribution in [0.15, 0.2) is 59.7 Å². The molecule has 2 heterocycles. The zero-order valence-corrected chi connectivity index (χ0v) is 17.3. The summed E-state index contributed by atoms with van der Waals surface area (Å²) < 4.78 is 72.7. The molecule has 0 saturated carbocycles. The first-order chi connectivity index (χ1) is 15.2. The van der Waals surface area contributed by atoms with Crippen molar-refractivity contribution in [2.75, 3.05) is 10.7 Å². The number of aromatic nitrogens is 2. The van der Waals surface area contributed by atoms with Crippen LogP contribution in [0.25, 0.3) is 22.0 Å². The summed E-state index contributed by atoms with van der Waals surface area (Å²) >= 11 is 0. The molecule has 0 unspecified atom stereocenters. The molecule has 0 fully saturated rings. The Balaban J connectivity index is 1.93. The quantitative estimate of drug-likeness (QED) is 0.447. The van der Waals surface area contributed by atoms with Crippen LogP contribution in [0.1, 0.15) is 0 Å². The van der Waals surface area contributed by atoms with E-state index in [-0.39, 0.29) is 28.3 Å². The normalized spacial score (nSPS) is 11.6. The fourth-order valence-corrected chi connectivity index (χ4v) is 3.80.